The molecule has 0 aromatic heterocycles. The first-order chi connectivity index (χ1) is 13.3. The summed E-state index contributed by atoms with van der Waals surface area (Å²) in [6.45, 7) is 2.60. The molecule has 0 bridgehead atoms. The van der Waals surface area contributed by atoms with Crippen molar-refractivity contribution in [3.63, 3.8) is 0 Å². The number of sulfonamides is 1. The number of carbonyl (C=O) groups excluding carboxylic acids is 1. The lowest BCUT2D eigenvalue weighted by atomic mass is 10.1. The van der Waals surface area contributed by atoms with Crippen molar-refractivity contribution < 1.29 is 17.9 Å². The minimum absolute atomic E-state index is 0.000267. The van der Waals surface area contributed by atoms with Gasteiger partial charge in [-0.3, -0.25) is 9.52 Å². The summed E-state index contributed by atoms with van der Waals surface area (Å²) in [5.74, 6) is -0.293. The smallest absolute Gasteiger partial charge is 0.261 e. The lowest BCUT2D eigenvalue weighted by Crippen LogP contribution is -2.40. The lowest BCUT2D eigenvalue weighted by Gasteiger charge is -2.20. The molecule has 1 aliphatic heterocycles. The zero-order valence-electron chi connectivity index (χ0n) is 15.1. The van der Waals surface area contributed by atoms with Crippen molar-refractivity contribution in [2.24, 2.45) is 0 Å². The van der Waals surface area contributed by atoms with Crippen LogP contribution in [-0.4, -0.2) is 33.1 Å². The Labute approximate surface area is 174 Å². The fourth-order valence-electron chi connectivity index (χ4n) is 2.96. The highest BCUT2D eigenvalue weighted by Crippen LogP contribution is 2.26. The van der Waals surface area contributed by atoms with Crippen molar-refractivity contribution in [3.8, 4) is 0 Å². The first-order valence-corrected chi connectivity index (χ1v) is 11.0. The zero-order chi connectivity index (χ0) is 20.3. The number of amides is 1. The van der Waals surface area contributed by atoms with Crippen LogP contribution in [0, 0.1) is 0 Å². The molecule has 150 valence electrons. The second kappa shape index (κ2) is 8.69. The van der Waals surface area contributed by atoms with Crippen LogP contribution in [0.5, 0.6) is 0 Å². The predicted molar refractivity (Wildman–Crippen MR) is 110 cm³/mol. The first kappa shape index (κ1) is 20.9. The highest BCUT2D eigenvalue weighted by molar-refractivity contribution is 7.92. The monoisotopic (exact) mass is 442 g/mol. The fourth-order valence-corrected chi connectivity index (χ4v) is 4.40. The predicted octanol–water partition coefficient (Wildman–Crippen LogP) is 4.09. The molecule has 0 saturated carbocycles. The Balaban J connectivity index is 1.73. The van der Waals surface area contributed by atoms with E-state index in [4.69, 9.17) is 27.9 Å². The third-order valence-electron chi connectivity index (χ3n) is 4.46. The maximum absolute atomic E-state index is 12.6. The second-order valence-corrected chi connectivity index (χ2v) is 9.07. The Morgan fingerprint density at radius 3 is 2.64 bits per heavy atom. The summed E-state index contributed by atoms with van der Waals surface area (Å²) >= 11 is 11.7. The van der Waals surface area contributed by atoms with Gasteiger partial charge in [-0.15, -0.1) is 0 Å². The standard InChI is InChI=1S/C19H20Cl2N2O4S/c1-12(18-6-3-9-27-18)22-19(24)13-4-2-5-14(10-13)23-28(25,26)15-7-8-16(20)17(21)11-15/h2,4-5,7-8,10-12,18,23H,3,6,9H2,1H3,(H,22,24)/t12-,18+/m1/s1. The van der Waals surface area contributed by atoms with Gasteiger partial charge in [-0.25, -0.2) is 8.42 Å². The number of carbonyl (C=O) groups is 1. The van der Waals surface area contributed by atoms with E-state index in [1.807, 2.05) is 6.92 Å². The van der Waals surface area contributed by atoms with Crippen molar-refractivity contribution in [1.29, 1.82) is 0 Å². The molecule has 1 heterocycles. The molecule has 1 fully saturated rings. The summed E-state index contributed by atoms with van der Waals surface area (Å²) in [5, 5.41) is 3.30. The van der Waals surface area contributed by atoms with E-state index in [0.717, 1.165) is 12.8 Å². The Hall–Kier alpha value is -1.80. The van der Waals surface area contributed by atoms with E-state index < -0.39 is 10.0 Å². The molecule has 2 atom stereocenters. The van der Waals surface area contributed by atoms with Gasteiger partial charge in [-0.2, -0.15) is 0 Å². The molecule has 1 aliphatic rings. The Morgan fingerprint density at radius 1 is 1.18 bits per heavy atom. The zero-order valence-corrected chi connectivity index (χ0v) is 17.4. The molecule has 1 amide bonds. The van der Waals surface area contributed by atoms with Gasteiger partial charge in [0.05, 0.1) is 27.1 Å². The number of benzene rings is 2. The first-order valence-electron chi connectivity index (χ1n) is 8.77. The topological polar surface area (TPSA) is 84.5 Å². The Kier molecular flexibility index (Phi) is 6.50. The summed E-state index contributed by atoms with van der Waals surface area (Å²) in [4.78, 5) is 12.5. The molecule has 2 aromatic carbocycles. The van der Waals surface area contributed by atoms with Crippen LogP contribution >= 0.6 is 23.2 Å². The molecule has 28 heavy (non-hydrogen) atoms. The van der Waals surface area contributed by atoms with Gasteiger partial charge in [0, 0.05) is 17.9 Å². The molecule has 2 aromatic rings. The summed E-state index contributed by atoms with van der Waals surface area (Å²) in [6, 6.07) is 10.2. The van der Waals surface area contributed by atoms with Gasteiger partial charge >= 0.3 is 0 Å². The van der Waals surface area contributed by atoms with Crippen molar-refractivity contribution in [2.45, 2.75) is 36.8 Å². The lowest BCUT2D eigenvalue weighted by molar-refractivity contribution is 0.0712. The number of ether oxygens (including phenoxy) is 1. The largest absolute Gasteiger partial charge is 0.376 e. The van der Waals surface area contributed by atoms with Crippen LogP contribution in [0.1, 0.15) is 30.1 Å². The average Bonchev–Trinajstić information content (AvgIpc) is 3.18. The van der Waals surface area contributed by atoms with Crippen LogP contribution in [0.3, 0.4) is 0 Å². The molecule has 3 rings (SSSR count). The maximum atomic E-state index is 12.6. The van der Waals surface area contributed by atoms with Crippen LogP contribution < -0.4 is 10.0 Å². The van der Waals surface area contributed by atoms with Gasteiger partial charge in [0.15, 0.2) is 0 Å². The molecule has 0 aliphatic carbocycles. The normalized spacial score (nSPS) is 17.9. The van der Waals surface area contributed by atoms with Crippen molar-refractivity contribution in [1.82, 2.24) is 5.32 Å². The maximum Gasteiger partial charge on any atom is 0.261 e. The number of nitrogens with one attached hydrogen (secondary N) is 2. The van der Waals surface area contributed by atoms with Gasteiger partial charge < -0.3 is 10.1 Å². The van der Waals surface area contributed by atoms with E-state index in [0.29, 0.717) is 12.2 Å². The van der Waals surface area contributed by atoms with Crippen LogP contribution in [0.25, 0.3) is 0 Å². The molecule has 0 spiro atoms. The van der Waals surface area contributed by atoms with Gasteiger partial charge in [0.2, 0.25) is 0 Å². The van der Waals surface area contributed by atoms with Crippen LogP contribution in [0.15, 0.2) is 47.4 Å². The molecule has 0 unspecified atom stereocenters. The highest BCUT2D eigenvalue weighted by atomic mass is 35.5. The van der Waals surface area contributed by atoms with E-state index in [9.17, 15) is 13.2 Å². The van der Waals surface area contributed by atoms with Crippen molar-refractivity contribution in [2.75, 3.05) is 11.3 Å². The van der Waals surface area contributed by atoms with Gasteiger partial charge in [0.25, 0.3) is 15.9 Å². The second-order valence-electron chi connectivity index (χ2n) is 6.58. The molecule has 0 radical (unpaired) electrons. The Morgan fingerprint density at radius 2 is 1.96 bits per heavy atom. The Bertz CT molecular complexity index is 976. The summed E-state index contributed by atoms with van der Waals surface area (Å²) in [5.41, 5.74) is 0.614. The van der Waals surface area contributed by atoms with Gasteiger partial charge in [0.1, 0.15) is 0 Å². The average molecular weight is 443 g/mol. The molecular weight excluding hydrogens is 423 g/mol. The van der Waals surface area contributed by atoms with E-state index in [1.165, 1.54) is 24.3 Å². The number of anilines is 1. The fraction of sp³-hybridized carbons (Fsp3) is 0.316. The van der Waals surface area contributed by atoms with Gasteiger partial charge in [-0.05, 0) is 56.2 Å². The number of hydrogen-bond donors (Lipinski definition) is 2. The molecular formula is C19H20Cl2N2O4S. The molecule has 1 saturated heterocycles. The third-order valence-corrected chi connectivity index (χ3v) is 6.58. The van der Waals surface area contributed by atoms with E-state index in [-0.39, 0.29) is 38.7 Å². The van der Waals surface area contributed by atoms with Gasteiger partial charge in [-0.1, -0.05) is 29.3 Å². The van der Waals surface area contributed by atoms with E-state index in [1.54, 1.807) is 18.2 Å². The minimum atomic E-state index is -3.88. The number of rotatable bonds is 6. The molecule has 6 nitrogen and oxygen atoms in total. The summed E-state index contributed by atoms with van der Waals surface area (Å²) in [7, 11) is -3.88. The van der Waals surface area contributed by atoms with Crippen molar-refractivity contribution in [3.05, 3.63) is 58.1 Å². The quantitative estimate of drug-likeness (QED) is 0.705. The number of hydrogen-bond acceptors (Lipinski definition) is 4. The highest BCUT2D eigenvalue weighted by Gasteiger charge is 2.24. The van der Waals surface area contributed by atoms with Crippen LogP contribution in [0.2, 0.25) is 10.0 Å². The van der Waals surface area contributed by atoms with Crippen LogP contribution in [-0.2, 0) is 14.8 Å². The SMILES string of the molecule is C[C@@H](NC(=O)c1cccc(NS(=O)(=O)c2ccc(Cl)c(Cl)c2)c1)[C@@H]1CCCO1. The molecule has 9 heteroatoms. The van der Waals surface area contributed by atoms with Crippen molar-refractivity contribution >= 4 is 44.8 Å². The minimum Gasteiger partial charge on any atom is -0.376 e. The van der Waals surface area contributed by atoms with Crippen LogP contribution in [0.4, 0.5) is 5.69 Å². The summed E-state index contributed by atoms with van der Waals surface area (Å²) < 4.78 is 33.2. The third kappa shape index (κ3) is 4.97. The molecule has 2 N–H and O–H groups in total. The van der Waals surface area contributed by atoms with E-state index in [2.05, 4.69) is 10.0 Å². The number of halogens is 2. The summed E-state index contributed by atoms with van der Waals surface area (Å²) in [6.07, 6.45) is 1.89. The van der Waals surface area contributed by atoms with E-state index >= 15 is 0 Å².